The van der Waals surface area contributed by atoms with Gasteiger partial charge in [0, 0.05) is 6.42 Å². The molecule has 29 heavy (non-hydrogen) atoms. The monoisotopic (exact) mass is 398 g/mol. The van der Waals surface area contributed by atoms with Gasteiger partial charge in [-0.05, 0) is 17.5 Å². The number of ether oxygens (including phenoxy) is 1. The van der Waals surface area contributed by atoms with Crippen molar-refractivity contribution in [3.63, 3.8) is 0 Å². The van der Waals surface area contributed by atoms with E-state index in [2.05, 4.69) is 10.6 Å². The molecule has 7 heteroatoms. The summed E-state index contributed by atoms with van der Waals surface area (Å²) in [4.78, 5) is 36.3. The first-order valence-corrected chi connectivity index (χ1v) is 9.54. The number of hydrogen-bond acceptors (Lipinski definition) is 4. The van der Waals surface area contributed by atoms with Crippen molar-refractivity contribution in [3.05, 3.63) is 71.8 Å². The van der Waals surface area contributed by atoms with Gasteiger partial charge in [0.15, 0.2) is 0 Å². The van der Waals surface area contributed by atoms with E-state index >= 15 is 0 Å². The van der Waals surface area contributed by atoms with Crippen LogP contribution in [0.4, 0.5) is 4.79 Å². The van der Waals surface area contributed by atoms with Crippen LogP contribution in [0.3, 0.4) is 0 Å². The van der Waals surface area contributed by atoms with E-state index in [1.807, 2.05) is 43.3 Å². The third-order valence-corrected chi connectivity index (χ3v) is 4.30. The van der Waals surface area contributed by atoms with Gasteiger partial charge in [0.1, 0.15) is 18.7 Å². The van der Waals surface area contributed by atoms with Crippen molar-refractivity contribution in [2.45, 2.75) is 44.9 Å². The number of benzene rings is 2. The Bertz CT molecular complexity index is 795. The SMILES string of the molecule is CCC[C@@H](NC(=O)OCc1ccccc1)C(=O)N[C@@H](Cc1ccccc1)C(=O)O. The third-order valence-electron chi connectivity index (χ3n) is 4.30. The Balaban J connectivity index is 1.93. The molecular formula is C22H26N2O5. The maximum atomic E-state index is 12.6. The van der Waals surface area contributed by atoms with Crippen molar-refractivity contribution >= 4 is 18.0 Å². The summed E-state index contributed by atoms with van der Waals surface area (Å²) in [7, 11) is 0. The standard InChI is InChI=1S/C22H26N2O5/c1-2-9-18(24-22(28)29-15-17-12-7-4-8-13-17)20(25)23-19(21(26)27)14-16-10-5-3-6-11-16/h3-8,10-13,18-19H,2,9,14-15H2,1H3,(H,23,25)(H,24,28)(H,26,27)/t18-,19+/m1/s1. The molecule has 0 fully saturated rings. The number of carbonyl (C=O) groups excluding carboxylic acids is 2. The quantitative estimate of drug-likeness (QED) is 0.571. The summed E-state index contributed by atoms with van der Waals surface area (Å²) in [6.07, 6.45) is 0.425. The molecule has 0 saturated heterocycles. The highest BCUT2D eigenvalue weighted by atomic mass is 16.5. The van der Waals surface area contributed by atoms with E-state index in [-0.39, 0.29) is 13.0 Å². The minimum absolute atomic E-state index is 0.0822. The van der Waals surface area contributed by atoms with Crippen LogP contribution >= 0.6 is 0 Å². The summed E-state index contributed by atoms with van der Waals surface area (Å²) in [5, 5.41) is 14.5. The second kappa shape index (κ2) is 11.5. The van der Waals surface area contributed by atoms with Gasteiger partial charge in [-0.1, -0.05) is 74.0 Å². The second-order valence-corrected chi connectivity index (χ2v) is 6.64. The lowest BCUT2D eigenvalue weighted by atomic mass is 10.0. The molecule has 0 heterocycles. The van der Waals surface area contributed by atoms with Crippen molar-refractivity contribution < 1.29 is 24.2 Å². The Labute approximate surface area is 170 Å². The zero-order valence-electron chi connectivity index (χ0n) is 16.3. The van der Waals surface area contributed by atoms with Gasteiger partial charge < -0.3 is 20.5 Å². The van der Waals surface area contributed by atoms with Crippen molar-refractivity contribution in [2.24, 2.45) is 0 Å². The van der Waals surface area contributed by atoms with Crippen LogP contribution in [0.2, 0.25) is 0 Å². The molecule has 0 aliphatic heterocycles. The van der Waals surface area contributed by atoms with Crippen LogP contribution in [0.1, 0.15) is 30.9 Å². The normalized spacial score (nSPS) is 12.4. The lowest BCUT2D eigenvalue weighted by molar-refractivity contribution is -0.142. The number of hydrogen-bond donors (Lipinski definition) is 3. The molecule has 0 saturated carbocycles. The van der Waals surface area contributed by atoms with Gasteiger partial charge in [-0.2, -0.15) is 0 Å². The minimum Gasteiger partial charge on any atom is -0.480 e. The van der Waals surface area contributed by atoms with Crippen molar-refractivity contribution in [3.8, 4) is 0 Å². The van der Waals surface area contributed by atoms with Crippen molar-refractivity contribution in [1.29, 1.82) is 0 Å². The first-order valence-electron chi connectivity index (χ1n) is 9.54. The lowest BCUT2D eigenvalue weighted by Crippen LogP contribution is -2.52. The average molecular weight is 398 g/mol. The molecule has 0 spiro atoms. The van der Waals surface area contributed by atoms with E-state index in [1.54, 1.807) is 24.3 Å². The van der Waals surface area contributed by atoms with Crippen LogP contribution in [-0.2, 0) is 27.4 Å². The van der Waals surface area contributed by atoms with Gasteiger partial charge in [-0.25, -0.2) is 9.59 Å². The van der Waals surface area contributed by atoms with Gasteiger partial charge in [0.25, 0.3) is 0 Å². The summed E-state index contributed by atoms with van der Waals surface area (Å²) in [6.45, 7) is 1.95. The largest absolute Gasteiger partial charge is 0.480 e. The van der Waals surface area contributed by atoms with Crippen LogP contribution in [0, 0.1) is 0 Å². The van der Waals surface area contributed by atoms with E-state index < -0.39 is 30.1 Å². The molecule has 0 aliphatic carbocycles. The Morgan fingerprint density at radius 2 is 1.48 bits per heavy atom. The predicted octanol–water partition coefficient (Wildman–Crippen LogP) is 2.89. The number of alkyl carbamates (subject to hydrolysis) is 1. The number of carboxylic acids is 1. The molecule has 0 bridgehead atoms. The lowest BCUT2D eigenvalue weighted by Gasteiger charge is -2.21. The van der Waals surface area contributed by atoms with Gasteiger partial charge in [-0.15, -0.1) is 0 Å². The van der Waals surface area contributed by atoms with E-state index in [4.69, 9.17) is 4.74 Å². The van der Waals surface area contributed by atoms with Crippen LogP contribution < -0.4 is 10.6 Å². The zero-order chi connectivity index (χ0) is 21.1. The highest BCUT2D eigenvalue weighted by Gasteiger charge is 2.26. The van der Waals surface area contributed by atoms with Gasteiger partial charge in [-0.3, -0.25) is 4.79 Å². The maximum Gasteiger partial charge on any atom is 0.408 e. The second-order valence-electron chi connectivity index (χ2n) is 6.64. The van der Waals surface area contributed by atoms with Crippen molar-refractivity contribution in [2.75, 3.05) is 0 Å². The molecule has 2 amide bonds. The summed E-state index contributed by atoms with van der Waals surface area (Å²) >= 11 is 0. The first-order chi connectivity index (χ1) is 14.0. The molecular weight excluding hydrogens is 372 g/mol. The molecule has 2 aromatic rings. The van der Waals surface area contributed by atoms with Gasteiger partial charge in [0.2, 0.25) is 5.91 Å². The Kier molecular flexibility index (Phi) is 8.69. The fourth-order valence-corrected chi connectivity index (χ4v) is 2.79. The molecule has 7 nitrogen and oxygen atoms in total. The number of aliphatic carboxylic acids is 1. The maximum absolute atomic E-state index is 12.6. The highest BCUT2D eigenvalue weighted by Crippen LogP contribution is 2.06. The van der Waals surface area contributed by atoms with Crippen LogP contribution in [0.15, 0.2) is 60.7 Å². The van der Waals surface area contributed by atoms with E-state index in [9.17, 15) is 19.5 Å². The van der Waals surface area contributed by atoms with E-state index in [0.717, 1.165) is 11.1 Å². The van der Waals surface area contributed by atoms with Gasteiger partial charge >= 0.3 is 12.1 Å². The van der Waals surface area contributed by atoms with Crippen molar-refractivity contribution in [1.82, 2.24) is 10.6 Å². The molecule has 0 radical (unpaired) electrons. The topological polar surface area (TPSA) is 105 Å². The highest BCUT2D eigenvalue weighted by molar-refractivity contribution is 5.89. The summed E-state index contributed by atoms with van der Waals surface area (Å²) in [6, 6.07) is 16.3. The molecule has 2 atom stereocenters. The number of carboxylic acid groups (broad SMARTS) is 1. The third kappa shape index (κ3) is 7.65. The van der Waals surface area contributed by atoms with E-state index in [1.165, 1.54) is 0 Å². The number of nitrogens with one attached hydrogen (secondary N) is 2. The van der Waals surface area contributed by atoms with Crippen LogP contribution in [0.25, 0.3) is 0 Å². The molecule has 0 unspecified atom stereocenters. The molecule has 2 aromatic carbocycles. The Hall–Kier alpha value is -3.35. The molecule has 3 N–H and O–H groups in total. The van der Waals surface area contributed by atoms with E-state index in [0.29, 0.717) is 12.8 Å². The average Bonchev–Trinajstić information content (AvgIpc) is 2.73. The molecule has 2 rings (SSSR count). The Morgan fingerprint density at radius 1 is 0.897 bits per heavy atom. The van der Waals surface area contributed by atoms with Crippen LogP contribution in [-0.4, -0.2) is 35.2 Å². The minimum atomic E-state index is -1.14. The van der Waals surface area contributed by atoms with Gasteiger partial charge in [0.05, 0.1) is 0 Å². The molecule has 0 aliphatic rings. The molecule has 0 aromatic heterocycles. The smallest absolute Gasteiger partial charge is 0.408 e. The number of carbonyl (C=O) groups is 3. The zero-order valence-corrected chi connectivity index (χ0v) is 16.3. The molecule has 154 valence electrons. The summed E-state index contributed by atoms with van der Waals surface area (Å²) in [5.74, 6) is -1.68. The fraction of sp³-hybridized carbons (Fsp3) is 0.318. The summed E-state index contributed by atoms with van der Waals surface area (Å²) in [5.41, 5.74) is 1.62. The summed E-state index contributed by atoms with van der Waals surface area (Å²) < 4.78 is 5.16. The predicted molar refractivity (Wildman–Crippen MR) is 108 cm³/mol. The fourth-order valence-electron chi connectivity index (χ4n) is 2.79. The van der Waals surface area contributed by atoms with Crippen LogP contribution in [0.5, 0.6) is 0 Å². The Morgan fingerprint density at radius 3 is 2.03 bits per heavy atom. The number of rotatable bonds is 10. The first kappa shape index (κ1) is 21.9. The number of amides is 2.